The van der Waals surface area contributed by atoms with E-state index in [0.717, 1.165) is 19.3 Å². The standard InChI is InChI=1S/C23H29N3O3/c1-3-17-8-10-19(11-9-17)22(27)24-16-18-12-14-26(15-13-18)23(28)25-20-6-4-5-7-21(20)29-2/h4-11,18H,3,12-16H2,1-2H3,(H,24,27)(H,25,28). The third-order valence-corrected chi connectivity index (χ3v) is 5.43. The lowest BCUT2D eigenvalue weighted by Gasteiger charge is -2.32. The molecule has 2 N–H and O–H groups in total. The Morgan fingerprint density at radius 1 is 1.07 bits per heavy atom. The number of urea groups is 1. The number of nitrogens with zero attached hydrogens (tertiary/aromatic N) is 1. The number of carbonyl (C=O) groups is 2. The zero-order valence-electron chi connectivity index (χ0n) is 17.1. The largest absolute Gasteiger partial charge is 0.495 e. The van der Waals surface area contributed by atoms with Gasteiger partial charge in [-0.2, -0.15) is 0 Å². The van der Waals surface area contributed by atoms with Gasteiger partial charge in [0.25, 0.3) is 5.91 Å². The zero-order chi connectivity index (χ0) is 20.6. The van der Waals surface area contributed by atoms with Crippen LogP contribution in [0.4, 0.5) is 10.5 Å². The summed E-state index contributed by atoms with van der Waals surface area (Å²) >= 11 is 0. The Hall–Kier alpha value is -3.02. The highest BCUT2D eigenvalue weighted by Crippen LogP contribution is 2.24. The summed E-state index contributed by atoms with van der Waals surface area (Å²) in [5, 5.41) is 5.95. The van der Waals surface area contributed by atoms with Crippen LogP contribution in [0, 0.1) is 5.92 Å². The van der Waals surface area contributed by atoms with E-state index in [1.807, 2.05) is 53.4 Å². The maximum atomic E-state index is 12.5. The van der Waals surface area contributed by atoms with Gasteiger partial charge in [0, 0.05) is 25.2 Å². The Labute approximate surface area is 172 Å². The molecule has 1 heterocycles. The van der Waals surface area contributed by atoms with Crippen molar-refractivity contribution < 1.29 is 14.3 Å². The molecule has 6 heteroatoms. The molecule has 29 heavy (non-hydrogen) atoms. The predicted molar refractivity (Wildman–Crippen MR) is 114 cm³/mol. The molecule has 3 rings (SSSR count). The molecule has 0 aliphatic carbocycles. The number of hydrogen-bond donors (Lipinski definition) is 2. The minimum Gasteiger partial charge on any atom is -0.495 e. The van der Waals surface area contributed by atoms with E-state index >= 15 is 0 Å². The van der Waals surface area contributed by atoms with Gasteiger partial charge in [-0.15, -0.1) is 0 Å². The summed E-state index contributed by atoms with van der Waals surface area (Å²) in [5.41, 5.74) is 2.58. The smallest absolute Gasteiger partial charge is 0.321 e. The number of amides is 3. The van der Waals surface area contributed by atoms with Crippen LogP contribution in [0.1, 0.15) is 35.7 Å². The minimum atomic E-state index is -0.118. The van der Waals surface area contributed by atoms with Crippen molar-refractivity contribution in [1.29, 1.82) is 0 Å². The molecule has 0 radical (unpaired) electrons. The van der Waals surface area contributed by atoms with E-state index in [1.165, 1.54) is 5.56 Å². The summed E-state index contributed by atoms with van der Waals surface area (Å²) in [5.74, 6) is 0.985. The second kappa shape index (κ2) is 9.96. The van der Waals surface area contributed by atoms with Crippen LogP contribution in [0.2, 0.25) is 0 Å². The maximum absolute atomic E-state index is 12.5. The Morgan fingerprint density at radius 3 is 2.41 bits per heavy atom. The molecule has 3 amide bonds. The molecular weight excluding hydrogens is 366 g/mol. The molecule has 1 aliphatic heterocycles. The molecule has 154 valence electrons. The van der Waals surface area contributed by atoms with Crippen molar-refractivity contribution in [3.8, 4) is 5.75 Å². The summed E-state index contributed by atoms with van der Waals surface area (Å²) in [6.07, 6.45) is 2.70. The number of likely N-dealkylation sites (tertiary alicyclic amines) is 1. The third-order valence-electron chi connectivity index (χ3n) is 5.43. The lowest BCUT2D eigenvalue weighted by Crippen LogP contribution is -2.43. The van der Waals surface area contributed by atoms with E-state index in [9.17, 15) is 9.59 Å². The van der Waals surface area contributed by atoms with E-state index in [2.05, 4.69) is 17.6 Å². The van der Waals surface area contributed by atoms with Crippen LogP contribution in [-0.4, -0.2) is 43.6 Å². The number of benzene rings is 2. The van der Waals surface area contributed by atoms with Gasteiger partial charge >= 0.3 is 6.03 Å². The summed E-state index contributed by atoms with van der Waals surface area (Å²) in [4.78, 5) is 26.7. The molecule has 6 nitrogen and oxygen atoms in total. The monoisotopic (exact) mass is 395 g/mol. The Bertz CT molecular complexity index is 828. The number of rotatable bonds is 6. The number of nitrogens with one attached hydrogen (secondary N) is 2. The molecule has 0 bridgehead atoms. The van der Waals surface area contributed by atoms with Gasteiger partial charge in [-0.05, 0) is 55.0 Å². The third kappa shape index (κ3) is 5.50. The number of para-hydroxylation sites is 2. The van der Waals surface area contributed by atoms with Gasteiger partial charge < -0.3 is 20.3 Å². The van der Waals surface area contributed by atoms with Gasteiger partial charge in [0.15, 0.2) is 0 Å². The summed E-state index contributed by atoms with van der Waals surface area (Å²) < 4.78 is 5.28. The fourth-order valence-electron chi connectivity index (χ4n) is 3.51. The van der Waals surface area contributed by atoms with Gasteiger partial charge in [0.2, 0.25) is 0 Å². The van der Waals surface area contributed by atoms with Crippen molar-refractivity contribution in [2.24, 2.45) is 5.92 Å². The summed E-state index contributed by atoms with van der Waals surface area (Å²) in [6.45, 7) is 4.08. The number of piperidine rings is 1. The highest BCUT2D eigenvalue weighted by Gasteiger charge is 2.23. The van der Waals surface area contributed by atoms with Crippen LogP contribution in [-0.2, 0) is 6.42 Å². The van der Waals surface area contributed by atoms with Crippen LogP contribution in [0.3, 0.4) is 0 Å². The van der Waals surface area contributed by atoms with Crippen LogP contribution in [0.15, 0.2) is 48.5 Å². The molecule has 0 aromatic heterocycles. The van der Waals surface area contributed by atoms with Crippen LogP contribution in [0.5, 0.6) is 5.75 Å². The average Bonchev–Trinajstić information content (AvgIpc) is 2.78. The van der Waals surface area contributed by atoms with Crippen molar-refractivity contribution in [2.45, 2.75) is 26.2 Å². The number of carbonyl (C=O) groups excluding carboxylic acids is 2. The normalized spacial score (nSPS) is 14.3. The highest BCUT2D eigenvalue weighted by molar-refractivity contribution is 5.94. The van der Waals surface area contributed by atoms with E-state index in [4.69, 9.17) is 4.74 Å². The van der Waals surface area contributed by atoms with Gasteiger partial charge in [0.05, 0.1) is 12.8 Å². The first-order valence-corrected chi connectivity index (χ1v) is 10.2. The lowest BCUT2D eigenvalue weighted by atomic mass is 9.97. The first-order valence-electron chi connectivity index (χ1n) is 10.2. The second-order valence-corrected chi connectivity index (χ2v) is 7.32. The van der Waals surface area contributed by atoms with Crippen molar-refractivity contribution in [3.63, 3.8) is 0 Å². The van der Waals surface area contributed by atoms with Crippen LogP contribution < -0.4 is 15.4 Å². The highest BCUT2D eigenvalue weighted by atomic mass is 16.5. The van der Waals surface area contributed by atoms with Gasteiger partial charge in [-0.1, -0.05) is 31.2 Å². The molecule has 0 spiro atoms. The van der Waals surface area contributed by atoms with Crippen LogP contribution in [0.25, 0.3) is 0 Å². The Morgan fingerprint density at radius 2 is 1.76 bits per heavy atom. The minimum absolute atomic E-state index is 0.0380. The molecule has 0 saturated carbocycles. The van der Waals surface area contributed by atoms with Crippen molar-refractivity contribution in [1.82, 2.24) is 10.2 Å². The Balaban J connectivity index is 1.44. The SMILES string of the molecule is CCc1ccc(C(=O)NCC2CCN(C(=O)Nc3ccccc3OC)CC2)cc1. The molecule has 0 atom stereocenters. The molecule has 1 saturated heterocycles. The molecule has 1 aliphatic rings. The quantitative estimate of drug-likeness (QED) is 0.778. The topological polar surface area (TPSA) is 70.7 Å². The van der Waals surface area contributed by atoms with Crippen molar-refractivity contribution in [2.75, 3.05) is 32.1 Å². The summed E-state index contributed by atoms with van der Waals surface area (Å²) in [7, 11) is 1.59. The molecule has 2 aromatic rings. The molecule has 1 fully saturated rings. The Kier molecular flexibility index (Phi) is 7.11. The van der Waals surface area contributed by atoms with E-state index in [-0.39, 0.29) is 11.9 Å². The van der Waals surface area contributed by atoms with Crippen LogP contribution >= 0.6 is 0 Å². The van der Waals surface area contributed by atoms with Crippen molar-refractivity contribution in [3.05, 3.63) is 59.7 Å². The second-order valence-electron chi connectivity index (χ2n) is 7.32. The average molecular weight is 396 g/mol. The maximum Gasteiger partial charge on any atom is 0.321 e. The first-order chi connectivity index (χ1) is 14.1. The fourth-order valence-corrected chi connectivity index (χ4v) is 3.51. The predicted octanol–water partition coefficient (Wildman–Crippen LogP) is 3.93. The van der Waals surface area contributed by atoms with E-state index in [0.29, 0.717) is 42.6 Å². The first kappa shape index (κ1) is 20.7. The number of ether oxygens (including phenoxy) is 1. The zero-order valence-corrected chi connectivity index (χ0v) is 17.1. The number of hydrogen-bond acceptors (Lipinski definition) is 3. The molecule has 0 unspecified atom stereocenters. The van der Waals surface area contributed by atoms with E-state index in [1.54, 1.807) is 7.11 Å². The lowest BCUT2D eigenvalue weighted by molar-refractivity contribution is 0.0938. The van der Waals surface area contributed by atoms with Gasteiger partial charge in [0.1, 0.15) is 5.75 Å². The molecular formula is C23H29N3O3. The number of anilines is 1. The van der Waals surface area contributed by atoms with Crippen molar-refractivity contribution >= 4 is 17.6 Å². The summed E-state index contributed by atoms with van der Waals surface area (Å²) in [6, 6.07) is 15.0. The fraction of sp³-hybridized carbons (Fsp3) is 0.391. The number of methoxy groups -OCH3 is 1. The van der Waals surface area contributed by atoms with E-state index < -0.39 is 0 Å². The number of aryl methyl sites for hydroxylation is 1. The molecule has 2 aromatic carbocycles. The van der Waals surface area contributed by atoms with Gasteiger partial charge in [-0.3, -0.25) is 4.79 Å². The van der Waals surface area contributed by atoms with Gasteiger partial charge in [-0.25, -0.2) is 4.79 Å².